The number of methoxy groups -OCH3 is 1. The molecule has 13 heavy (non-hydrogen) atoms. The summed E-state index contributed by atoms with van der Waals surface area (Å²) in [5.41, 5.74) is 0. The van der Waals surface area contributed by atoms with E-state index in [2.05, 4.69) is 0 Å². The Bertz CT molecular complexity index is 200. The van der Waals surface area contributed by atoms with E-state index in [0.717, 1.165) is 4.90 Å². The maximum absolute atomic E-state index is 11.2. The Labute approximate surface area is 76.3 Å². The summed E-state index contributed by atoms with van der Waals surface area (Å²) >= 11 is 0. The van der Waals surface area contributed by atoms with Gasteiger partial charge in [0.25, 0.3) is 0 Å². The van der Waals surface area contributed by atoms with Gasteiger partial charge in [0.05, 0.1) is 19.3 Å². The summed E-state index contributed by atoms with van der Waals surface area (Å²) in [5.74, 6) is -0.442. The summed E-state index contributed by atoms with van der Waals surface area (Å²) in [7, 11) is 1.47. The maximum Gasteiger partial charge on any atom is 0.230 e. The number of amides is 2. The van der Waals surface area contributed by atoms with Gasteiger partial charge in [0.1, 0.15) is 0 Å². The number of imide groups is 1. The van der Waals surface area contributed by atoms with E-state index in [1.54, 1.807) is 0 Å². The molecule has 0 aromatic heterocycles. The molecular weight excluding hydrogens is 174 g/mol. The fourth-order valence-electron chi connectivity index (χ4n) is 1.40. The molecule has 1 saturated heterocycles. The summed E-state index contributed by atoms with van der Waals surface area (Å²) in [6, 6.07) is -0.521. The number of carbonyl (C=O) groups is 2. The molecular formula is C8H13NO4. The fourth-order valence-corrected chi connectivity index (χ4v) is 1.40. The molecule has 1 aliphatic heterocycles. The van der Waals surface area contributed by atoms with Gasteiger partial charge in [-0.25, -0.2) is 0 Å². The molecule has 0 radical (unpaired) electrons. The SMILES string of the molecule is COCC(CO)N1C(=O)CCC1=O. The van der Waals surface area contributed by atoms with Gasteiger partial charge in [0.2, 0.25) is 11.8 Å². The van der Waals surface area contributed by atoms with Gasteiger partial charge in [-0.15, -0.1) is 0 Å². The molecule has 1 heterocycles. The first-order valence-electron chi connectivity index (χ1n) is 4.15. The van der Waals surface area contributed by atoms with E-state index >= 15 is 0 Å². The third-order valence-electron chi connectivity index (χ3n) is 2.03. The molecule has 5 heteroatoms. The van der Waals surface area contributed by atoms with E-state index in [9.17, 15) is 9.59 Å². The quantitative estimate of drug-likeness (QED) is 0.582. The first-order chi connectivity index (χ1) is 6.20. The van der Waals surface area contributed by atoms with Crippen LogP contribution in [0.5, 0.6) is 0 Å². The Hall–Kier alpha value is -0.940. The zero-order valence-corrected chi connectivity index (χ0v) is 7.52. The molecule has 5 nitrogen and oxygen atoms in total. The van der Waals surface area contributed by atoms with Gasteiger partial charge in [-0.1, -0.05) is 0 Å². The topological polar surface area (TPSA) is 66.8 Å². The van der Waals surface area contributed by atoms with Crippen LogP contribution in [0.25, 0.3) is 0 Å². The highest BCUT2D eigenvalue weighted by atomic mass is 16.5. The largest absolute Gasteiger partial charge is 0.394 e. The van der Waals surface area contributed by atoms with Crippen molar-refractivity contribution in [3.05, 3.63) is 0 Å². The number of carbonyl (C=O) groups excluding carboxylic acids is 2. The number of aliphatic hydroxyl groups is 1. The smallest absolute Gasteiger partial charge is 0.230 e. The van der Waals surface area contributed by atoms with E-state index in [1.807, 2.05) is 0 Å². The van der Waals surface area contributed by atoms with Crippen LogP contribution >= 0.6 is 0 Å². The van der Waals surface area contributed by atoms with Gasteiger partial charge < -0.3 is 9.84 Å². The van der Waals surface area contributed by atoms with E-state index < -0.39 is 6.04 Å². The maximum atomic E-state index is 11.2. The van der Waals surface area contributed by atoms with Crippen molar-refractivity contribution in [3.8, 4) is 0 Å². The second kappa shape index (κ2) is 4.34. The monoisotopic (exact) mass is 187 g/mol. The summed E-state index contributed by atoms with van der Waals surface area (Å²) in [6.45, 7) is -0.0563. The molecule has 0 aromatic rings. The van der Waals surface area contributed by atoms with Gasteiger partial charge in [-0.2, -0.15) is 0 Å². The first kappa shape index (κ1) is 10.1. The van der Waals surface area contributed by atoms with Gasteiger partial charge >= 0.3 is 0 Å². The van der Waals surface area contributed by atoms with Crippen LogP contribution in [0.15, 0.2) is 0 Å². The summed E-state index contributed by atoms with van der Waals surface area (Å²) < 4.78 is 4.80. The number of hydrogen-bond acceptors (Lipinski definition) is 4. The lowest BCUT2D eigenvalue weighted by atomic mass is 10.3. The minimum Gasteiger partial charge on any atom is -0.394 e. The standard InChI is InChI=1S/C8H13NO4/c1-13-5-6(4-10)9-7(11)2-3-8(9)12/h6,10H,2-5H2,1H3. The highest BCUT2D eigenvalue weighted by Gasteiger charge is 2.34. The minimum atomic E-state index is -0.521. The molecule has 1 atom stereocenters. The van der Waals surface area contributed by atoms with Crippen LogP contribution in [0, 0.1) is 0 Å². The highest BCUT2D eigenvalue weighted by Crippen LogP contribution is 2.15. The lowest BCUT2D eigenvalue weighted by Gasteiger charge is -2.23. The second-order valence-electron chi connectivity index (χ2n) is 2.95. The van der Waals surface area contributed by atoms with E-state index in [0.29, 0.717) is 0 Å². The molecule has 0 saturated carbocycles. The molecule has 1 unspecified atom stereocenters. The fraction of sp³-hybridized carbons (Fsp3) is 0.750. The number of hydrogen-bond donors (Lipinski definition) is 1. The number of aliphatic hydroxyl groups excluding tert-OH is 1. The van der Waals surface area contributed by atoms with Gasteiger partial charge in [0.15, 0.2) is 0 Å². The van der Waals surface area contributed by atoms with Crippen LogP contribution in [-0.4, -0.2) is 48.2 Å². The van der Waals surface area contributed by atoms with Crippen LogP contribution in [0.4, 0.5) is 0 Å². The van der Waals surface area contributed by atoms with Crippen molar-refractivity contribution in [1.29, 1.82) is 0 Å². The highest BCUT2D eigenvalue weighted by molar-refractivity contribution is 6.02. The van der Waals surface area contributed by atoms with Crippen molar-refractivity contribution in [2.45, 2.75) is 18.9 Å². The molecule has 1 N–H and O–H groups in total. The number of likely N-dealkylation sites (tertiary alicyclic amines) is 1. The zero-order valence-electron chi connectivity index (χ0n) is 7.52. The predicted octanol–water partition coefficient (Wildman–Crippen LogP) is -0.857. The Morgan fingerprint density at radius 3 is 2.38 bits per heavy atom. The predicted molar refractivity (Wildman–Crippen MR) is 43.8 cm³/mol. The summed E-state index contributed by atoms with van der Waals surface area (Å²) in [5, 5.41) is 8.93. The van der Waals surface area contributed by atoms with Crippen LogP contribution in [-0.2, 0) is 14.3 Å². The van der Waals surface area contributed by atoms with Crippen LogP contribution in [0.3, 0.4) is 0 Å². The van der Waals surface area contributed by atoms with Gasteiger partial charge in [0, 0.05) is 20.0 Å². The normalized spacial score (nSPS) is 19.7. The molecule has 2 amide bonds. The first-order valence-corrected chi connectivity index (χ1v) is 4.15. The van der Waals surface area contributed by atoms with Crippen molar-refractivity contribution in [2.24, 2.45) is 0 Å². The Morgan fingerprint density at radius 2 is 2.00 bits per heavy atom. The van der Waals surface area contributed by atoms with E-state index in [4.69, 9.17) is 9.84 Å². The molecule has 0 aromatic carbocycles. The van der Waals surface area contributed by atoms with Crippen LogP contribution in [0.1, 0.15) is 12.8 Å². The average Bonchev–Trinajstić information content (AvgIpc) is 2.43. The van der Waals surface area contributed by atoms with Crippen molar-refractivity contribution in [2.75, 3.05) is 20.3 Å². The molecule has 0 aliphatic carbocycles. The lowest BCUT2D eigenvalue weighted by molar-refractivity contribution is -0.143. The van der Waals surface area contributed by atoms with E-state index in [-0.39, 0.29) is 37.9 Å². The second-order valence-corrected chi connectivity index (χ2v) is 2.95. The van der Waals surface area contributed by atoms with Crippen molar-refractivity contribution >= 4 is 11.8 Å². The summed E-state index contributed by atoms with van der Waals surface area (Å²) in [6.07, 6.45) is 0.498. The number of ether oxygens (including phenoxy) is 1. The third-order valence-corrected chi connectivity index (χ3v) is 2.03. The number of rotatable bonds is 4. The molecule has 0 spiro atoms. The average molecular weight is 187 g/mol. The number of nitrogens with zero attached hydrogens (tertiary/aromatic N) is 1. The Morgan fingerprint density at radius 1 is 1.46 bits per heavy atom. The molecule has 1 aliphatic rings. The minimum absolute atomic E-state index is 0.188. The Balaban J connectivity index is 2.65. The van der Waals surface area contributed by atoms with Crippen molar-refractivity contribution < 1.29 is 19.4 Å². The molecule has 1 rings (SSSR count). The van der Waals surface area contributed by atoms with E-state index in [1.165, 1.54) is 7.11 Å². The Kier molecular flexibility index (Phi) is 3.39. The lowest BCUT2D eigenvalue weighted by Crippen LogP contribution is -2.44. The molecule has 0 bridgehead atoms. The van der Waals surface area contributed by atoms with Gasteiger partial charge in [-0.3, -0.25) is 14.5 Å². The third kappa shape index (κ3) is 2.05. The molecule has 74 valence electrons. The molecule has 1 fully saturated rings. The van der Waals surface area contributed by atoms with Crippen LogP contribution < -0.4 is 0 Å². The summed E-state index contributed by atoms with van der Waals surface area (Å²) in [4.78, 5) is 23.5. The van der Waals surface area contributed by atoms with Crippen molar-refractivity contribution in [1.82, 2.24) is 4.90 Å². The van der Waals surface area contributed by atoms with Crippen LogP contribution in [0.2, 0.25) is 0 Å². The van der Waals surface area contributed by atoms with Gasteiger partial charge in [-0.05, 0) is 0 Å². The van der Waals surface area contributed by atoms with Crippen molar-refractivity contribution in [3.63, 3.8) is 0 Å². The zero-order chi connectivity index (χ0) is 9.84.